The zero-order chi connectivity index (χ0) is 16.3. The lowest BCUT2D eigenvalue weighted by molar-refractivity contribution is -0.385. The Kier molecular flexibility index (Phi) is 6.28. The van der Waals surface area contributed by atoms with Crippen LogP contribution in [0.2, 0.25) is 0 Å². The van der Waals surface area contributed by atoms with Crippen LogP contribution in [0.4, 0.5) is 11.4 Å². The monoisotopic (exact) mass is 358 g/mol. The van der Waals surface area contributed by atoms with E-state index < -0.39 is 4.92 Å². The van der Waals surface area contributed by atoms with Crippen molar-refractivity contribution in [2.75, 3.05) is 12.4 Å². The molecule has 1 heterocycles. The van der Waals surface area contributed by atoms with E-state index in [-0.39, 0.29) is 41.1 Å². The van der Waals surface area contributed by atoms with Gasteiger partial charge in [-0.15, -0.1) is 23.7 Å². The number of aromatic nitrogens is 1. The second-order valence-electron chi connectivity index (χ2n) is 4.48. The predicted octanol–water partition coefficient (Wildman–Crippen LogP) is 2.31. The Balaban J connectivity index is 0.00000264. The molecule has 23 heavy (non-hydrogen) atoms. The number of nitrogens with one attached hydrogen (secondary N) is 2. The number of aryl methyl sites for hydroxylation is 1. The SMILES string of the molecule is COc1cc(NC(=O)Cn2ccsc2=N)c(C)cc1[N+](=O)[O-].Cl. The van der Waals surface area contributed by atoms with Gasteiger partial charge in [-0.3, -0.25) is 20.3 Å². The summed E-state index contributed by atoms with van der Waals surface area (Å²) in [4.78, 5) is 22.7. The van der Waals surface area contributed by atoms with E-state index in [1.807, 2.05) is 0 Å². The molecule has 0 saturated carbocycles. The van der Waals surface area contributed by atoms with Crippen LogP contribution in [0, 0.1) is 22.4 Å². The molecule has 1 aromatic carbocycles. The van der Waals surface area contributed by atoms with Gasteiger partial charge >= 0.3 is 5.69 Å². The Hall–Kier alpha value is -2.39. The number of amides is 1. The maximum atomic E-state index is 12.0. The van der Waals surface area contributed by atoms with E-state index in [4.69, 9.17) is 10.1 Å². The third kappa shape index (κ3) is 4.30. The van der Waals surface area contributed by atoms with Crippen molar-refractivity contribution >= 4 is 41.0 Å². The van der Waals surface area contributed by atoms with Crippen LogP contribution in [-0.2, 0) is 11.3 Å². The van der Waals surface area contributed by atoms with E-state index >= 15 is 0 Å². The summed E-state index contributed by atoms with van der Waals surface area (Å²) in [5.41, 5.74) is 0.843. The lowest BCUT2D eigenvalue weighted by Gasteiger charge is -2.11. The van der Waals surface area contributed by atoms with Gasteiger partial charge in [-0.05, 0) is 12.5 Å². The average molecular weight is 359 g/mol. The molecule has 0 aliphatic heterocycles. The van der Waals surface area contributed by atoms with Gasteiger partial charge in [0.1, 0.15) is 6.54 Å². The second kappa shape index (κ2) is 7.75. The van der Waals surface area contributed by atoms with Gasteiger partial charge in [-0.2, -0.15) is 0 Å². The zero-order valence-electron chi connectivity index (χ0n) is 12.4. The van der Waals surface area contributed by atoms with Gasteiger partial charge in [0.15, 0.2) is 10.6 Å². The fraction of sp³-hybridized carbons (Fsp3) is 0.231. The van der Waals surface area contributed by atoms with Crippen molar-refractivity contribution in [3.8, 4) is 5.75 Å². The van der Waals surface area contributed by atoms with E-state index in [9.17, 15) is 14.9 Å². The number of halogens is 1. The summed E-state index contributed by atoms with van der Waals surface area (Å²) >= 11 is 1.22. The molecule has 0 aliphatic carbocycles. The van der Waals surface area contributed by atoms with Gasteiger partial charge in [0.25, 0.3) is 0 Å². The van der Waals surface area contributed by atoms with E-state index in [2.05, 4.69) is 5.32 Å². The molecular formula is C13H15ClN4O4S. The first kappa shape index (κ1) is 18.7. The first-order valence-electron chi connectivity index (χ1n) is 6.23. The van der Waals surface area contributed by atoms with Crippen LogP contribution in [0.1, 0.15) is 5.56 Å². The lowest BCUT2D eigenvalue weighted by Crippen LogP contribution is -2.24. The molecule has 0 bridgehead atoms. The van der Waals surface area contributed by atoms with Crippen LogP contribution in [0.25, 0.3) is 0 Å². The fourth-order valence-electron chi connectivity index (χ4n) is 1.89. The number of hydrogen-bond acceptors (Lipinski definition) is 6. The summed E-state index contributed by atoms with van der Waals surface area (Å²) < 4.78 is 6.48. The Morgan fingerprint density at radius 3 is 2.74 bits per heavy atom. The quantitative estimate of drug-likeness (QED) is 0.631. The molecule has 1 aromatic heterocycles. The molecule has 0 fully saturated rings. The minimum Gasteiger partial charge on any atom is -0.490 e. The normalized spacial score (nSPS) is 9.83. The highest BCUT2D eigenvalue weighted by molar-refractivity contribution is 7.06. The highest BCUT2D eigenvalue weighted by Crippen LogP contribution is 2.32. The number of benzene rings is 1. The number of carbonyl (C=O) groups is 1. The van der Waals surface area contributed by atoms with Gasteiger partial charge in [-0.1, -0.05) is 0 Å². The highest BCUT2D eigenvalue weighted by atomic mass is 35.5. The Labute approximate surface area is 141 Å². The van der Waals surface area contributed by atoms with Crippen molar-refractivity contribution in [1.82, 2.24) is 4.57 Å². The number of nitrogens with zero attached hydrogens (tertiary/aromatic N) is 2. The second-order valence-corrected chi connectivity index (χ2v) is 5.37. The molecule has 0 aliphatic rings. The Morgan fingerprint density at radius 2 is 2.22 bits per heavy atom. The lowest BCUT2D eigenvalue weighted by atomic mass is 10.1. The van der Waals surface area contributed by atoms with Crippen molar-refractivity contribution in [2.45, 2.75) is 13.5 Å². The molecule has 8 nitrogen and oxygen atoms in total. The topological polar surface area (TPSA) is 110 Å². The number of methoxy groups -OCH3 is 1. The number of hydrogen-bond donors (Lipinski definition) is 2. The van der Waals surface area contributed by atoms with Crippen molar-refractivity contribution < 1.29 is 14.5 Å². The molecule has 124 valence electrons. The Morgan fingerprint density at radius 1 is 1.52 bits per heavy atom. The third-order valence-corrected chi connectivity index (χ3v) is 3.71. The third-order valence-electron chi connectivity index (χ3n) is 2.99. The summed E-state index contributed by atoms with van der Waals surface area (Å²) in [7, 11) is 1.33. The molecule has 0 spiro atoms. The summed E-state index contributed by atoms with van der Waals surface area (Å²) in [6.07, 6.45) is 1.65. The zero-order valence-corrected chi connectivity index (χ0v) is 14.0. The number of nitro groups is 1. The van der Waals surface area contributed by atoms with E-state index in [0.717, 1.165) is 0 Å². The minimum atomic E-state index is -0.537. The molecule has 1 amide bonds. The van der Waals surface area contributed by atoms with Gasteiger partial charge in [0, 0.05) is 29.4 Å². The van der Waals surface area contributed by atoms with Gasteiger partial charge in [0.05, 0.1) is 12.0 Å². The summed E-state index contributed by atoms with van der Waals surface area (Å²) in [6.45, 7) is 1.66. The Bertz CT molecular complexity index is 787. The number of nitro benzene ring substituents is 1. The highest BCUT2D eigenvalue weighted by Gasteiger charge is 2.18. The molecular weight excluding hydrogens is 344 g/mol. The van der Waals surface area contributed by atoms with Crippen molar-refractivity contribution in [1.29, 1.82) is 5.41 Å². The molecule has 0 unspecified atom stereocenters. The van der Waals surface area contributed by atoms with Crippen molar-refractivity contribution in [3.63, 3.8) is 0 Å². The van der Waals surface area contributed by atoms with Crippen LogP contribution < -0.4 is 14.9 Å². The molecule has 2 N–H and O–H groups in total. The summed E-state index contributed by atoms with van der Waals surface area (Å²) in [5.74, 6) is -0.244. The average Bonchev–Trinajstić information content (AvgIpc) is 2.85. The standard InChI is InChI=1S/C13H14N4O4S.ClH/c1-8-5-10(17(19)20)11(21-2)6-9(8)15-12(18)7-16-3-4-22-13(16)14;/h3-6,14H,7H2,1-2H3,(H,15,18);1H. The van der Waals surface area contributed by atoms with E-state index in [0.29, 0.717) is 11.3 Å². The van der Waals surface area contributed by atoms with Crippen LogP contribution in [0.3, 0.4) is 0 Å². The summed E-state index contributed by atoms with van der Waals surface area (Å²) in [5, 5.41) is 22.9. The molecule has 0 saturated heterocycles. The maximum absolute atomic E-state index is 12.0. The van der Waals surface area contributed by atoms with Crippen LogP contribution in [0.15, 0.2) is 23.7 Å². The number of anilines is 1. The fourth-order valence-corrected chi connectivity index (χ4v) is 2.48. The van der Waals surface area contributed by atoms with Gasteiger partial charge in [0.2, 0.25) is 5.91 Å². The van der Waals surface area contributed by atoms with Crippen LogP contribution >= 0.6 is 23.7 Å². The van der Waals surface area contributed by atoms with Crippen LogP contribution in [0.5, 0.6) is 5.75 Å². The maximum Gasteiger partial charge on any atom is 0.311 e. The molecule has 0 radical (unpaired) electrons. The number of carbonyl (C=O) groups excluding carboxylic acids is 1. The smallest absolute Gasteiger partial charge is 0.311 e. The van der Waals surface area contributed by atoms with Gasteiger partial charge < -0.3 is 14.6 Å². The molecule has 2 aromatic rings. The minimum absolute atomic E-state index is 0. The summed E-state index contributed by atoms with van der Waals surface area (Å²) in [6, 6.07) is 2.77. The van der Waals surface area contributed by atoms with E-state index in [1.54, 1.807) is 18.5 Å². The number of rotatable bonds is 5. The molecule has 2 rings (SSSR count). The van der Waals surface area contributed by atoms with E-state index in [1.165, 1.54) is 35.1 Å². The number of thiazole rings is 1. The first-order valence-corrected chi connectivity index (χ1v) is 7.11. The van der Waals surface area contributed by atoms with Gasteiger partial charge in [-0.25, -0.2) is 0 Å². The largest absolute Gasteiger partial charge is 0.490 e. The first-order chi connectivity index (χ1) is 10.4. The molecule has 0 atom stereocenters. The predicted molar refractivity (Wildman–Crippen MR) is 88.4 cm³/mol. The molecule has 10 heteroatoms. The van der Waals surface area contributed by atoms with Crippen LogP contribution in [-0.4, -0.2) is 22.5 Å². The van der Waals surface area contributed by atoms with Crippen molar-refractivity contribution in [3.05, 3.63) is 44.2 Å². The number of ether oxygens (including phenoxy) is 1. The van der Waals surface area contributed by atoms with Crippen molar-refractivity contribution in [2.24, 2.45) is 0 Å².